The lowest BCUT2D eigenvalue weighted by molar-refractivity contribution is -0.0118. The van der Waals surface area contributed by atoms with E-state index in [1.807, 2.05) is 13.0 Å². The van der Waals surface area contributed by atoms with Crippen LogP contribution in [0.1, 0.15) is 50.6 Å². The van der Waals surface area contributed by atoms with Crippen LogP contribution in [0.2, 0.25) is 0 Å². The Balaban J connectivity index is 1.55. The lowest BCUT2D eigenvalue weighted by Gasteiger charge is -2.33. The molecule has 2 fully saturated rings. The van der Waals surface area contributed by atoms with Gasteiger partial charge in [0.25, 0.3) is 0 Å². The summed E-state index contributed by atoms with van der Waals surface area (Å²) in [5.41, 5.74) is 0.931. The van der Waals surface area contributed by atoms with Crippen LogP contribution in [0.3, 0.4) is 0 Å². The van der Waals surface area contributed by atoms with Gasteiger partial charge in [-0.1, -0.05) is 0 Å². The monoisotopic (exact) mass is 483 g/mol. The van der Waals surface area contributed by atoms with Crippen molar-refractivity contribution in [1.82, 2.24) is 14.6 Å². The molecule has 0 aromatic carbocycles. The quantitative estimate of drug-likeness (QED) is 0.694. The summed E-state index contributed by atoms with van der Waals surface area (Å²) in [6, 6.07) is 2.62. The van der Waals surface area contributed by atoms with E-state index in [1.165, 1.54) is 0 Å². The fraction of sp³-hybridized carbons (Fsp3) is 0.727. The summed E-state index contributed by atoms with van der Waals surface area (Å²) in [5, 5.41) is 0. The maximum atomic E-state index is 12.9. The Hall–Kier alpha value is -2.11. The number of nitrogens with zero attached hydrogens (tertiary/aromatic N) is 2. The predicted molar refractivity (Wildman–Crippen MR) is 120 cm³/mol. The number of hydrogen-bond donors (Lipinski definition) is 1. The van der Waals surface area contributed by atoms with Gasteiger partial charge in [-0.2, -0.15) is 0 Å². The normalized spacial score (nSPS) is 30.9. The summed E-state index contributed by atoms with van der Waals surface area (Å²) < 4.78 is 49.4. The lowest BCUT2D eigenvalue weighted by atomic mass is 9.85. The van der Waals surface area contributed by atoms with E-state index in [4.69, 9.17) is 18.9 Å². The molecule has 5 rings (SSSR count). The van der Waals surface area contributed by atoms with Crippen LogP contribution < -0.4 is 14.2 Å². The summed E-state index contributed by atoms with van der Waals surface area (Å²) in [6.45, 7) is 2.33. The van der Waals surface area contributed by atoms with Crippen molar-refractivity contribution in [3.05, 3.63) is 17.8 Å². The third-order valence-corrected chi connectivity index (χ3v) is 7.38. The van der Waals surface area contributed by atoms with E-state index in [2.05, 4.69) is 9.71 Å². The number of nitrogens with one attached hydrogen (secondary N) is 1. The molecule has 4 bridgehead atoms. The molecule has 4 heterocycles. The first-order valence-corrected chi connectivity index (χ1v) is 13.4. The number of ether oxygens (including phenoxy) is 4. The van der Waals surface area contributed by atoms with Crippen molar-refractivity contribution in [3.8, 4) is 11.6 Å². The molecule has 1 amide bonds. The minimum atomic E-state index is -3.44. The Kier molecular flexibility index (Phi) is 7.30. The van der Waals surface area contributed by atoms with Crippen LogP contribution >= 0.6 is 0 Å². The molecule has 4 aliphatic rings. The maximum Gasteiger partial charge on any atom is 0.410 e. The summed E-state index contributed by atoms with van der Waals surface area (Å²) in [4.78, 5) is 19.2. The van der Waals surface area contributed by atoms with E-state index in [0.29, 0.717) is 18.1 Å². The Morgan fingerprint density at radius 2 is 1.88 bits per heavy atom. The second kappa shape index (κ2) is 10.0. The van der Waals surface area contributed by atoms with Crippen molar-refractivity contribution in [2.75, 3.05) is 33.2 Å². The third-order valence-electron chi connectivity index (χ3n) is 6.65. The summed E-state index contributed by atoms with van der Waals surface area (Å²) in [7, 11) is -1.82. The van der Waals surface area contributed by atoms with Gasteiger partial charge in [-0.05, 0) is 39.0 Å². The highest BCUT2D eigenvalue weighted by Gasteiger charge is 2.44. The van der Waals surface area contributed by atoms with Gasteiger partial charge < -0.3 is 18.9 Å². The minimum Gasteiger partial charge on any atom is -0.496 e. The zero-order valence-corrected chi connectivity index (χ0v) is 20.2. The molecule has 11 heteroatoms. The number of sulfonamides is 1. The van der Waals surface area contributed by atoms with Gasteiger partial charge in [-0.25, -0.2) is 22.9 Å². The van der Waals surface area contributed by atoms with Gasteiger partial charge in [0.2, 0.25) is 15.9 Å². The lowest BCUT2D eigenvalue weighted by Crippen LogP contribution is -2.50. The van der Waals surface area contributed by atoms with Crippen LogP contribution in [0.15, 0.2) is 12.1 Å². The summed E-state index contributed by atoms with van der Waals surface area (Å²) in [6.07, 6.45) is 4.72. The average molecular weight is 484 g/mol. The fourth-order valence-electron chi connectivity index (χ4n) is 5.08. The molecule has 1 N–H and O–H groups in total. The molecule has 0 spiro atoms. The van der Waals surface area contributed by atoms with E-state index < -0.39 is 28.2 Å². The highest BCUT2D eigenvalue weighted by atomic mass is 32.2. The van der Waals surface area contributed by atoms with Crippen molar-refractivity contribution in [2.24, 2.45) is 0 Å². The molecule has 33 heavy (non-hydrogen) atoms. The summed E-state index contributed by atoms with van der Waals surface area (Å²) >= 11 is 0. The number of amides is 1. The van der Waals surface area contributed by atoms with Crippen LogP contribution in [0, 0.1) is 0 Å². The molecule has 2 unspecified atom stereocenters. The van der Waals surface area contributed by atoms with Crippen LogP contribution in [-0.4, -0.2) is 81.8 Å². The Labute approximate surface area is 195 Å². The number of rotatable bonds is 3. The van der Waals surface area contributed by atoms with Gasteiger partial charge >= 0.3 is 6.09 Å². The topological polar surface area (TPSA) is 116 Å². The smallest absolute Gasteiger partial charge is 0.410 e. The van der Waals surface area contributed by atoms with Gasteiger partial charge in [0.15, 0.2) is 0 Å². The van der Waals surface area contributed by atoms with Crippen molar-refractivity contribution < 1.29 is 32.2 Å². The molecular formula is C22H33N3O7S. The Bertz CT molecular complexity index is 949. The fourth-order valence-corrected chi connectivity index (χ4v) is 5.89. The first-order valence-electron chi connectivity index (χ1n) is 11.5. The number of carbonyl (C=O) groups excluding carboxylic acids is 1. The predicted octanol–water partition coefficient (Wildman–Crippen LogP) is 2.04. The number of aromatic nitrogens is 1. The van der Waals surface area contributed by atoms with Gasteiger partial charge in [0.05, 0.1) is 37.8 Å². The molecule has 1 saturated carbocycles. The molecule has 1 aromatic heterocycles. The number of pyridine rings is 1. The largest absolute Gasteiger partial charge is 0.496 e. The molecule has 3 atom stereocenters. The third kappa shape index (κ3) is 5.88. The van der Waals surface area contributed by atoms with Crippen LogP contribution in [0.25, 0.3) is 0 Å². The second-order valence-electron chi connectivity index (χ2n) is 9.10. The number of methoxy groups -OCH3 is 1. The zero-order chi connectivity index (χ0) is 23.6. The Morgan fingerprint density at radius 1 is 1.15 bits per heavy atom. The van der Waals surface area contributed by atoms with E-state index in [9.17, 15) is 13.2 Å². The first-order chi connectivity index (χ1) is 15.7. The molecule has 1 aliphatic carbocycles. The SMILES string of the molecule is COc1cc2nc(c1)C1CCC(CC1)OCC1[C@@H](NS(C)(=O)=O)CC(C)N1C(=O)OCCO2. The van der Waals surface area contributed by atoms with E-state index in [-0.39, 0.29) is 37.9 Å². The van der Waals surface area contributed by atoms with Gasteiger partial charge in [0.1, 0.15) is 19.0 Å². The van der Waals surface area contributed by atoms with Crippen molar-refractivity contribution >= 4 is 16.1 Å². The van der Waals surface area contributed by atoms with Gasteiger partial charge in [-0.3, -0.25) is 4.90 Å². The van der Waals surface area contributed by atoms with Crippen molar-refractivity contribution in [2.45, 2.75) is 69.2 Å². The molecule has 1 saturated heterocycles. The van der Waals surface area contributed by atoms with Crippen molar-refractivity contribution in [3.63, 3.8) is 0 Å². The molecule has 1 aromatic rings. The maximum absolute atomic E-state index is 12.9. The van der Waals surface area contributed by atoms with E-state index in [0.717, 1.165) is 37.6 Å². The number of carbonyl (C=O) groups is 1. The molecule has 184 valence electrons. The highest BCUT2D eigenvalue weighted by Crippen LogP contribution is 2.36. The van der Waals surface area contributed by atoms with Crippen LogP contribution in [-0.2, 0) is 19.5 Å². The van der Waals surface area contributed by atoms with Gasteiger partial charge in [0, 0.05) is 30.1 Å². The van der Waals surface area contributed by atoms with E-state index in [1.54, 1.807) is 18.1 Å². The number of fused-ring (bicyclic) bond motifs is 7. The molecule has 0 radical (unpaired) electrons. The molecule has 10 nitrogen and oxygen atoms in total. The van der Waals surface area contributed by atoms with Gasteiger partial charge in [-0.15, -0.1) is 0 Å². The van der Waals surface area contributed by atoms with E-state index >= 15 is 0 Å². The minimum absolute atomic E-state index is 0.0417. The average Bonchev–Trinajstić information content (AvgIpc) is 3.07. The summed E-state index contributed by atoms with van der Waals surface area (Å²) in [5.74, 6) is 1.41. The van der Waals surface area contributed by atoms with Crippen LogP contribution in [0.5, 0.6) is 11.6 Å². The van der Waals surface area contributed by atoms with Crippen molar-refractivity contribution in [1.29, 1.82) is 0 Å². The van der Waals surface area contributed by atoms with Crippen LogP contribution in [0.4, 0.5) is 4.79 Å². The zero-order valence-electron chi connectivity index (χ0n) is 19.4. The first kappa shape index (κ1) is 24.0. The second-order valence-corrected chi connectivity index (χ2v) is 10.9. The number of hydrogen-bond acceptors (Lipinski definition) is 8. The Morgan fingerprint density at radius 3 is 2.58 bits per heavy atom. The molecular weight excluding hydrogens is 450 g/mol. The standard InChI is InChI=1S/C22H33N3O7S/c1-14-10-19(24-33(3,27)28)20-13-32-16-6-4-15(5-7-16)18-11-17(29-2)12-21(23-18)30-8-9-31-22(26)25(14)20/h11-12,14-16,19-20,24H,4-10,13H2,1-3H3/t14?,15?,16?,19-,20?/m0/s1. The molecule has 3 aliphatic heterocycles. The highest BCUT2D eigenvalue weighted by molar-refractivity contribution is 7.88.